The van der Waals surface area contributed by atoms with Gasteiger partial charge < -0.3 is 11.1 Å². The molecule has 1 aromatic carbocycles. The minimum Gasteiger partial charge on any atom is -0.399 e. The van der Waals surface area contributed by atoms with Crippen molar-refractivity contribution in [3.8, 4) is 0 Å². The van der Waals surface area contributed by atoms with Crippen LogP contribution in [-0.4, -0.2) is 12.1 Å². The van der Waals surface area contributed by atoms with Crippen molar-refractivity contribution in [3.05, 3.63) is 29.8 Å². The summed E-state index contributed by atoms with van der Waals surface area (Å²) in [4.78, 5) is 0. The van der Waals surface area contributed by atoms with Crippen molar-refractivity contribution in [1.82, 2.24) is 5.32 Å². The molecule has 88 valence electrons. The molecule has 0 heterocycles. The van der Waals surface area contributed by atoms with Gasteiger partial charge in [0, 0.05) is 11.2 Å². The molecule has 0 saturated heterocycles. The summed E-state index contributed by atoms with van der Waals surface area (Å²) < 4.78 is 0. The average Bonchev–Trinajstić information content (AvgIpc) is 2.22. The van der Waals surface area contributed by atoms with E-state index in [9.17, 15) is 0 Å². The molecule has 1 aliphatic carbocycles. The molecular formula is C14H22N2. The Morgan fingerprint density at radius 3 is 2.81 bits per heavy atom. The highest BCUT2D eigenvalue weighted by atomic mass is 15.0. The molecule has 16 heavy (non-hydrogen) atoms. The predicted octanol–water partition coefficient (Wildman–Crippen LogP) is 2.73. The zero-order valence-corrected chi connectivity index (χ0v) is 10.1. The molecule has 1 fully saturated rings. The van der Waals surface area contributed by atoms with Crippen molar-refractivity contribution in [2.45, 2.75) is 44.6 Å². The van der Waals surface area contributed by atoms with Gasteiger partial charge in [0.15, 0.2) is 0 Å². The summed E-state index contributed by atoms with van der Waals surface area (Å²) in [6, 6.07) is 8.20. The number of aryl methyl sites for hydroxylation is 1. The average molecular weight is 218 g/mol. The molecule has 1 aromatic rings. The van der Waals surface area contributed by atoms with Crippen LogP contribution in [0.25, 0.3) is 0 Å². The molecule has 2 rings (SSSR count). The molecule has 0 aliphatic heterocycles. The second-order valence-corrected chi connectivity index (χ2v) is 5.19. The summed E-state index contributed by atoms with van der Waals surface area (Å²) in [5, 5.41) is 3.65. The first-order valence-corrected chi connectivity index (χ1v) is 6.27. The lowest BCUT2D eigenvalue weighted by molar-refractivity contribution is 0.209. The van der Waals surface area contributed by atoms with E-state index in [-0.39, 0.29) is 0 Å². The maximum atomic E-state index is 5.75. The molecule has 0 radical (unpaired) electrons. The van der Waals surface area contributed by atoms with Gasteiger partial charge in [-0.15, -0.1) is 0 Å². The smallest absolute Gasteiger partial charge is 0.0316 e. The Morgan fingerprint density at radius 2 is 2.19 bits per heavy atom. The number of nitrogen functional groups attached to an aromatic ring is 1. The number of hydrogen-bond acceptors (Lipinski definition) is 2. The minimum absolute atomic E-state index is 0.440. The fourth-order valence-electron chi connectivity index (χ4n) is 2.32. The van der Waals surface area contributed by atoms with Crippen molar-refractivity contribution < 1.29 is 0 Å². The van der Waals surface area contributed by atoms with Crippen molar-refractivity contribution in [2.75, 3.05) is 12.3 Å². The first-order valence-electron chi connectivity index (χ1n) is 6.27. The van der Waals surface area contributed by atoms with Crippen LogP contribution >= 0.6 is 0 Å². The van der Waals surface area contributed by atoms with Crippen LogP contribution < -0.4 is 11.1 Å². The van der Waals surface area contributed by atoms with E-state index in [1.165, 1.54) is 31.2 Å². The third-order valence-electron chi connectivity index (χ3n) is 3.60. The fourth-order valence-corrected chi connectivity index (χ4v) is 2.32. The van der Waals surface area contributed by atoms with E-state index < -0.39 is 0 Å². The number of benzene rings is 1. The molecule has 2 heteroatoms. The highest BCUT2D eigenvalue weighted by molar-refractivity contribution is 5.40. The Bertz CT molecular complexity index is 342. The van der Waals surface area contributed by atoms with E-state index >= 15 is 0 Å². The first-order chi connectivity index (χ1) is 7.68. The highest BCUT2D eigenvalue weighted by Crippen LogP contribution is 2.30. The normalized spacial score (nSPS) is 18.1. The van der Waals surface area contributed by atoms with Crippen LogP contribution in [-0.2, 0) is 6.42 Å². The van der Waals surface area contributed by atoms with E-state index in [2.05, 4.69) is 24.4 Å². The van der Waals surface area contributed by atoms with E-state index in [1.54, 1.807) is 0 Å². The van der Waals surface area contributed by atoms with E-state index in [0.717, 1.165) is 18.7 Å². The topological polar surface area (TPSA) is 38.0 Å². The molecule has 0 bridgehead atoms. The maximum absolute atomic E-state index is 5.75. The summed E-state index contributed by atoms with van der Waals surface area (Å²) in [5.41, 5.74) is 8.41. The number of nitrogens with one attached hydrogen (secondary N) is 1. The monoisotopic (exact) mass is 218 g/mol. The minimum atomic E-state index is 0.440. The first kappa shape index (κ1) is 11.5. The quantitative estimate of drug-likeness (QED) is 0.589. The van der Waals surface area contributed by atoms with Gasteiger partial charge in [-0.25, -0.2) is 0 Å². The van der Waals surface area contributed by atoms with Crippen LogP contribution in [0.1, 0.15) is 38.2 Å². The molecule has 3 N–H and O–H groups in total. The van der Waals surface area contributed by atoms with Gasteiger partial charge in [0.2, 0.25) is 0 Å². The molecule has 2 nitrogen and oxygen atoms in total. The Labute approximate surface area is 98.2 Å². The van der Waals surface area contributed by atoms with Crippen LogP contribution in [0, 0.1) is 0 Å². The standard InChI is InChI=1S/C14H22N2/c1-14(8-4-9-14)16-10-3-6-12-5-2-7-13(15)11-12/h2,5,7,11,16H,3-4,6,8-10,15H2,1H3. The lowest BCUT2D eigenvalue weighted by Gasteiger charge is -2.39. The van der Waals surface area contributed by atoms with Gasteiger partial charge in [-0.2, -0.15) is 0 Å². The molecule has 1 aliphatic rings. The largest absolute Gasteiger partial charge is 0.399 e. The van der Waals surface area contributed by atoms with Gasteiger partial charge >= 0.3 is 0 Å². The van der Waals surface area contributed by atoms with Crippen LogP contribution in [0.15, 0.2) is 24.3 Å². The van der Waals surface area contributed by atoms with Gasteiger partial charge in [-0.05, 0) is 63.3 Å². The number of anilines is 1. The van der Waals surface area contributed by atoms with Crippen molar-refractivity contribution in [2.24, 2.45) is 0 Å². The van der Waals surface area contributed by atoms with Crippen molar-refractivity contribution in [1.29, 1.82) is 0 Å². The molecule has 1 saturated carbocycles. The number of rotatable bonds is 5. The zero-order valence-electron chi connectivity index (χ0n) is 10.1. The second kappa shape index (κ2) is 4.88. The summed E-state index contributed by atoms with van der Waals surface area (Å²) in [5.74, 6) is 0. The summed E-state index contributed by atoms with van der Waals surface area (Å²) in [6.45, 7) is 3.45. The Kier molecular flexibility index (Phi) is 3.49. The molecule has 0 unspecified atom stereocenters. The predicted molar refractivity (Wildman–Crippen MR) is 69.4 cm³/mol. The third-order valence-corrected chi connectivity index (χ3v) is 3.60. The van der Waals surface area contributed by atoms with Gasteiger partial charge in [0.05, 0.1) is 0 Å². The van der Waals surface area contributed by atoms with Gasteiger partial charge in [-0.3, -0.25) is 0 Å². The molecule has 0 aromatic heterocycles. The third kappa shape index (κ3) is 2.99. The second-order valence-electron chi connectivity index (χ2n) is 5.19. The Hall–Kier alpha value is -1.02. The lowest BCUT2D eigenvalue weighted by Crippen LogP contribution is -2.48. The Balaban J connectivity index is 1.68. The molecule has 0 amide bonds. The molecule has 0 atom stereocenters. The van der Waals surface area contributed by atoms with E-state index in [4.69, 9.17) is 5.73 Å². The number of hydrogen-bond donors (Lipinski definition) is 2. The van der Waals surface area contributed by atoms with Gasteiger partial charge in [0.25, 0.3) is 0 Å². The highest BCUT2D eigenvalue weighted by Gasteiger charge is 2.30. The summed E-state index contributed by atoms with van der Waals surface area (Å²) >= 11 is 0. The lowest BCUT2D eigenvalue weighted by atomic mass is 9.78. The van der Waals surface area contributed by atoms with Crippen LogP contribution in [0.5, 0.6) is 0 Å². The van der Waals surface area contributed by atoms with Gasteiger partial charge in [0.1, 0.15) is 0 Å². The van der Waals surface area contributed by atoms with Crippen molar-refractivity contribution in [3.63, 3.8) is 0 Å². The summed E-state index contributed by atoms with van der Waals surface area (Å²) in [7, 11) is 0. The van der Waals surface area contributed by atoms with Crippen LogP contribution in [0.4, 0.5) is 5.69 Å². The van der Waals surface area contributed by atoms with Crippen molar-refractivity contribution >= 4 is 5.69 Å². The SMILES string of the molecule is CC1(NCCCc2cccc(N)c2)CCC1. The zero-order chi connectivity index (χ0) is 11.4. The van der Waals surface area contributed by atoms with Crippen LogP contribution in [0.2, 0.25) is 0 Å². The van der Waals surface area contributed by atoms with Gasteiger partial charge in [-0.1, -0.05) is 12.1 Å². The van der Waals surface area contributed by atoms with Crippen LogP contribution in [0.3, 0.4) is 0 Å². The fraction of sp³-hybridized carbons (Fsp3) is 0.571. The molecule has 0 spiro atoms. The van der Waals surface area contributed by atoms with E-state index in [0.29, 0.717) is 5.54 Å². The molecular weight excluding hydrogens is 196 g/mol. The Morgan fingerprint density at radius 1 is 1.38 bits per heavy atom. The van der Waals surface area contributed by atoms with E-state index in [1.807, 2.05) is 12.1 Å². The summed E-state index contributed by atoms with van der Waals surface area (Å²) in [6.07, 6.45) is 6.38. The maximum Gasteiger partial charge on any atom is 0.0316 e. The number of nitrogens with two attached hydrogens (primary N) is 1.